The predicted molar refractivity (Wildman–Crippen MR) is 114 cm³/mol. The molecule has 27 heavy (non-hydrogen) atoms. The van der Waals surface area contributed by atoms with Crippen molar-refractivity contribution < 1.29 is 9.26 Å². The number of hydrogen-bond donors (Lipinski definition) is 2. The molecular formula is C18H27IN6O2. The Balaban J connectivity index is 0.00000261. The van der Waals surface area contributed by atoms with Crippen molar-refractivity contribution in [3.8, 4) is 11.6 Å². The second kappa shape index (κ2) is 11.9. The van der Waals surface area contributed by atoms with Gasteiger partial charge in [0.1, 0.15) is 5.69 Å². The van der Waals surface area contributed by atoms with Gasteiger partial charge in [-0.1, -0.05) is 11.2 Å². The van der Waals surface area contributed by atoms with E-state index in [9.17, 15) is 0 Å². The third-order valence-electron chi connectivity index (χ3n) is 4.03. The zero-order chi connectivity index (χ0) is 18.0. The summed E-state index contributed by atoms with van der Waals surface area (Å²) in [6.07, 6.45) is 5.97. The van der Waals surface area contributed by atoms with Crippen LogP contribution in [0.1, 0.15) is 25.1 Å². The van der Waals surface area contributed by atoms with Crippen LogP contribution in [0.2, 0.25) is 0 Å². The highest BCUT2D eigenvalue weighted by atomic mass is 127. The van der Waals surface area contributed by atoms with Crippen molar-refractivity contribution in [3.63, 3.8) is 0 Å². The van der Waals surface area contributed by atoms with Gasteiger partial charge in [-0.2, -0.15) is 4.98 Å². The SMILES string of the molecule is CN=C(NCCCOCC1CC1)NCCc1noc(-c2ccccn2)n1.I. The van der Waals surface area contributed by atoms with Gasteiger partial charge in [-0.15, -0.1) is 24.0 Å². The van der Waals surface area contributed by atoms with Crippen LogP contribution in [-0.4, -0.2) is 54.4 Å². The van der Waals surface area contributed by atoms with Crippen LogP contribution in [0.4, 0.5) is 0 Å². The summed E-state index contributed by atoms with van der Waals surface area (Å²) >= 11 is 0. The number of rotatable bonds is 10. The Morgan fingerprint density at radius 3 is 2.89 bits per heavy atom. The normalized spacial score (nSPS) is 13.9. The van der Waals surface area contributed by atoms with Crippen LogP contribution in [0.15, 0.2) is 33.9 Å². The number of nitrogens with one attached hydrogen (secondary N) is 2. The molecule has 1 fully saturated rings. The van der Waals surface area contributed by atoms with E-state index < -0.39 is 0 Å². The quantitative estimate of drug-likeness (QED) is 0.230. The molecule has 2 aromatic rings. The average molecular weight is 486 g/mol. The molecule has 1 saturated carbocycles. The Kier molecular flexibility index (Phi) is 9.46. The molecule has 0 radical (unpaired) electrons. The fourth-order valence-electron chi connectivity index (χ4n) is 2.38. The van der Waals surface area contributed by atoms with Crippen molar-refractivity contribution in [2.75, 3.05) is 33.4 Å². The predicted octanol–water partition coefficient (Wildman–Crippen LogP) is 2.27. The maximum atomic E-state index is 5.62. The maximum absolute atomic E-state index is 5.62. The summed E-state index contributed by atoms with van der Waals surface area (Å²) in [7, 11) is 1.76. The molecule has 0 unspecified atom stereocenters. The Bertz CT molecular complexity index is 690. The van der Waals surface area contributed by atoms with Crippen LogP contribution < -0.4 is 10.6 Å². The van der Waals surface area contributed by atoms with Crippen LogP contribution in [0, 0.1) is 5.92 Å². The second-order valence-corrected chi connectivity index (χ2v) is 6.28. The first-order valence-electron chi connectivity index (χ1n) is 9.11. The minimum absolute atomic E-state index is 0. The monoisotopic (exact) mass is 486 g/mol. The number of nitrogens with zero attached hydrogens (tertiary/aromatic N) is 4. The second-order valence-electron chi connectivity index (χ2n) is 6.28. The van der Waals surface area contributed by atoms with Gasteiger partial charge in [-0.3, -0.25) is 9.98 Å². The molecule has 9 heteroatoms. The van der Waals surface area contributed by atoms with E-state index in [0.717, 1.165) is 38.1 Å². The van der Waals surface area contributed by atoms with Gasteiger partial charge in [-0.25, -0.2) is 0 Å². The van der Waals surface area contributed by atoms with Gasteiger partial charge < -0.3 is 19.9 Å². The molecule has 0 aliphatic heterocycles. The molecule has 2 aromatic heterocycles. The topological polar surface area (TPSA) is 97.5 Å². The zero-order valence-electron chi connectivity index (χ0n) is 15.6. The number of ether oxygens (including phenoxy) is 1. The van der Waals surface area contributed by atoms with E-state index in [-0.39, 0.29) is 24.0 Å². The van der Waals surface area contributed by atoms with E-state index >= 15 is 0 Å². The molecule has 2 N–H and O–H groups in total. The molecule has 1 aliphatic carbocycles. The third-order valence-corrected chi connectivity index (χ3v) is 4.03. The van der Waals surface area contributed by atoms with Gasteiger partial charge in [0.2, 0.25) is 0 Å². The summed E-state index contributed by atoms with van der Waals surface area (Å²) in [6.45, 7) is 3.20. The van der Waals surface area contributed by atoms with Crippen LogP contribution in [0.5, 0.6) is 0 Å². The lowest BCUT2D eigenvalue weighted by Crippen LogP contribution is -2.39. The first kappa shape index (κ1) is 21.5. The van der Waals surface area contributed by atoms with Crippen LogP contribution in [0.3, 0.4) is 0 Å². The fourth-order valence-corrected chi connectivity index (χ4v) is 2.38. The highest BCUT2D eigenvalue weighted by molar-refractivity contribution is 14.0. The number of aromatic nitrogens is 3. The van der Waals surface area contributed by atoms with Gasteiger partial charge in [0.05, 0.1) is 0 Å². The number of guanidine groups is 1. The van der Waals surface area contributed by atoms with E-state index in [0.29, 0.717) is 30.4 Å². The van der Waals surface area contributed by atoms with Crippen molar-refractivity contribution in [2.45, 2.75) is 25.7 Å². The molecule has 0 spiro atoms. The average Bonchev–Trinajstić information content (AvgIpc) is 3.39. The van der Waals surface area contributed by atoms with Crippen LogP contribution >= 0.6 is 24.0 Å². The van der Waals surface area contributed by atoms with Crippen molar-refractivity contribution in [1.82, 2.24) is 25.8 Å². The van der Waals surface area contributed by atoms with E-state index in [4.69, 9.17) is 9.26 Å². The van der Waals surface area contributed by atoms with Crippen molar-refractivity contribution in [1.29, 1.82) is 0 Å². The molecule has 0 saturated heterocycles. The van der Waals surface area contributed by atoms with Gasteiger partial charge in [-0.05, 0) is 37.3 Å². The summed E-state index contributed by atoms with van der Waals surface area (Å²) in [6, 6.07) is 5.58. The summed E-state index contributed by atoms with van der Waals surface area (Å²) in [5.41, 5.74) is 0.681. The zero-order valence-corrected chi connectivity index (χ0v) is 17.9. The molecule has 2 heterocycles. The third kappa shape index (κ3) is 7.79. The lowest BCUT2D eigenvalue weighted by molar-refractivity contribution is 0.123. The number of hydrogen-bond acceptors (Lipinski definition) is 6. The van der Waals surface area contributed by atoms with E-state index in [1.165, 1.54) is 12.8 Å². The summed E-state index contributed by atoms with van der Waals surface area (Å²) in [5.74, 6) is 2.66. The molecule has 8 nitrogen and oxygen atoms in total. The molecule has 0 bridgehead atoms. The first-order chi connectivity index (χ1) is 12.8. The summed E-state index contributed by atoms with van der Waals surface area (Å²) < 4.78 is 10.9. The standard InChI is InChI=1S/C18H26N6O2.HI/c1-19-18(21-10-4-12-25-13-14-6-7-14)22-11-8-16-23-17(26-24-16)15-5-2-3-9-20-15;/h2-3,5,9,14H,4,6-8,10-13H2,1H3,(H2,19,21,22);1H. The van der Waals surface area contributed by atoms with Crippen molar-refractivity contribution >= 4 is 29.9 Å². The first-order valence-corrected chi connectivity index (χ1v) is 9.11. The minimum Gasteiger partial charge on any atom is -0.381 e. The Labute approximate surface area is 176 Å². The lowest BCUT2D eigenvalue weighted by Gasteiger charge is -2.11. The largest absolute Gasteiger partial charge is 0.381 e. The lowest BCUT2D eigenvalue weighted by atomic mass is 10.3. The van der Waals surface area contributed by atoms with E-state index in [2.05, 4.69) is 30.8 Å². The van der Waals surface area contributed by atoms with Crippen molar-refractivity contribution in [3.05, 3.63) is 30.2 Å². The summed E-state index contributed by atoms with van der Waals surface area (Å²) in [5, 5.41) is 10.5. The van der Waals surface area contributed by atoms with Gasteiger partial charge in [0.25, 0.3) is 5.89 Å². The summed E-state index contributed by atoms with van der Waals surface area (Å²) in [4.78, 5) is 12.8. The maximum Gasteiger partial charge on any atom is 0.276 e. The molecule has 3 rings (SSSR count). The van der Waals surface area contributed by atoms with Crippen LogP contribution in [0.25, 0.3) is 11.6 Å². The molecule has 148 valence electrons. The van der Waals surface area contributed by atoms with E-state index in [1.54, 1.807) is 13.2 Å². The molecule has 0 atom stereocenters. The smallest absolute Gasteiger partial charge is 0.276 e. The van der Waals surface area contributed by atoms with Gasteiger partial charge >= 0.3 is 0 Å². The number of halogens is 1. The van der Waals surface area contributed by atoms with Gasteiger partial charge in [0, 0.05) is 46.0 Å². The van der Waals surface area contributed by atoms with Crippen LogP contribution in [-0.2, 0) is 11.2 Å². The molecular weight excluding hydrogens is 459 g/mol. The molecule has 0 amide bonds. The highest BCUT2D eigenvalue weighted by Gasteiger charge is 2.20. The number of pyridine rings is 1. The van der Waals surface area contributed by atoms with Gasteiger partial charge in [0.15, 0.2) is 11.8 Å². The Morgan fingerprint density at radius 1 is 1.30 bits per heavy atom. The highest BCUT2D eigenvalue weighted by Crippen LogP contribution is 2.28. The Morgan fingerprint density at radius 2 is 2.15 bits per heavy atom. The molecule has 0 aromatic carbocycles. The molecule has 1 aliphatic rings. The number of aliphatic imine (C=N–C) groups is 1. The van der Waals surface area contributed by atoms with E-state index in [1.807, 2.05) is 18.2 Å². The fraction of sp³-hybridized carbons (Fsp3) is 0.556. The van der Waals surface area contributed by atoms with Crippen molar-refractivity contribution in [2.24, 2.45) is 10.9 Å². The minimum atomic E-state index is 0. The Hall–Kier alpha value is -1.75.